The SMILES string of the molecule is O=C(CN1CCO[C@H](c2nccs2)C1)N1CCNC1=O. The Hall–Kier alpha value is -1.51. The van der Waals surface area contributed by atoms with Crippen LogP contribution in [0.5, 0.6) is 0 Å². The molecule has 7 nitrogen and oxygen atoms in total. The number of hydrogen-bond donors (Lipinski definition) is 1. The lowest BCUT2D eigenvalue weighted by atomic mass is 10.2. The Bertz CT molecular complexity index is 493. The smallest absolute Gasteiger partial charge is 0.324 e. The van der Waals surface area contributed by atoms with Crippen molar-refractivity contribution in [3.8, 4) is 0 Å². The number of rotatable bonds is 3. The fourth-order valence-electron chi connectivity index (χ4n) is 2.38. The molecule has 3 heterocycles. The highest BCUT2D eigenvalue weighted by molar-refractivity contribution is 7.09. The van der Waals surface area contributed by atoms with Crippen LogP contribution < -0.4 is 5.32 Å². The fraction of sp³-hybridized carbons (Fsp3) is 0.583. The van der Waals surface area contributed by atoms with Gasteiger partial charge in [-0.2, -0.15) is 0 Å². The van der Waals surface area contributed by atoms with E-state index in [9.17, 15) is 9.59 Å². The zero-order valence-electron chi connectivity index (χ0n) is 10.9. The van der Waals surface area contributed by atoms with Crippen LogP contribution in [-0.4, -0.2) is 66.1 Å². The molecule has 1 atom stereocenters. The topological polar surface area (TPSA) is 74.8 Å². The molecule has 0 aliphatic carbocycles. The second-order valence-electron chi connectivity index (χ2n) is 4.74. The molecule has 0 aromatic carbocycles. The van der Waals surface area contributed by atoms with Gasteiger partial charge in [-0.1, -0.05) is 0 Å². The molecule has 1 N–H and O–H groups in total. The Morgan fingerprint density at radius 1 is 1.55 bits per heavy atom. The molecule has 0 bridgehead atoms. The summed E-state index contributed by atoms with van der Waals surface area (Å²) >= 11 is 1.55. The molecule has 2 aliphatic rings. The number of imide groups is 1. The first-order valence-corrected chi connectivity index (χ1v) is 7.43. The first-order chi connectivity index (χ1) is 9.74. The zero-order valence-corrected chi connectivity index (χ0v) is 11.8. The van der Waals surface area contributed by atoms with E-state index in [1.165, 1.54) is 4.90 Å². The number of carbonyl (C=O) groups is 2. The predicted molar refractivity (Wildman–Crippen MR) is 72.4 cm³/mol. The van der Waals surface area contributed by atoms with Crippen LogP contribution in [0.4, 0.5) is 4.79 Å². The third-order valence-corrected chi connectivity index (χ3v) is 4.26. The number of urea groups is 1. The first kappa shape index (κ1) is 13.5. The predicted octanol–water partition coefficient (Wildman–Crippen LogP) is 0.0682. The standard InChI is InChI=1S/C12H16N4O3S/c17-10(16-3-1-14-12(16)18)8-15-4-5-19-9(7-15)11-13-2-6-20-11/h2,6,9H,1,3-5,7-8H2,(H,14,18)/t9-/m0/s1. The maximum absolute atomic E-state index is 12.1. The van der Waals surface area contributed by atoms with Crippen molar-refractivity contribution in [2.75, 3.05) is 39.3 Å². The molecule has 0 saturated carbocycles. The molecule has 0 unspecified atom stereocenters. The average Bonchev–Trinajstić information content (AvgIpc) is 3.09. The van der Waals surface area contributed by atoms with E-state index in [4.69, 9.17) is 4.74 Å². The third-order valence-electron chi connectivity index (χ3n) is 3.39. The zero-order chi connectivity index (χ0) is 13.9. The van der Waals surface area contributed by atoms with Crippen molar-refractivity contribution in [1.29, 1.82) is 0 Å². The van der Waals surface area contributed by atoms with Crippen LogP contribution >= 0.6 is 11.3 Å². The van der Waals surface area contributed by atoms with Gasteiger partial charge in [0.1, 0.15) is 11.1 Å². The van der Waals surface area contributed by atoms with Gasteiger partial charge in [-0.25, -0.2) is 9.78 Å². The van der Waals surface area contributed by atoms with Crippen LogP contribution in [-0.2, 0) is 9.53 Å². The Morgan fingerprint density at radius 2 is 2.45 bits per heavy atom. The van der Waals surface area contributed by atoms with Crippen LogP contribution in [0.2, 0.25) is 0 Å². The lowest BCUT2D eigenvalue weighted by Gasteiger charge is -2.32. The molecule has 3 rings (SSSR count). The monoisotopic (exact) mass is 296 g/mol. The van der Waals surface area contributed by atoms with Crippen molar-refractivity contribution in [2.24, 2.45) is 0 Å². The molecule has 8 heteroatoms. The molecule has 2 aliphatic heterocycles. The largest absolute Gasteiger partial charge is 0.368 e. The maximum atomic E-state index is 12.1. The highest BCUT2D eigenvalue weighted by atomic mass is 32.1. The Morgan fingerprint density at radius 3 is 3.15 bits per heavy atom. The molecule has 1 aromatic rings. The van der Waals surface area contributed by atoms with Crippen molar-refractivity contribution >= 4 is 23.3 Å². The summed E-state index contributed by atoms with van der Waals surface area (Å²) in [5.74, 6) is -0.153. The van der Waals surface area contributed by atoms with Crippen molar-refractivity contribution in [1.82, 2.24) is 20.1 Å². The number of hydrogen-bond acceptors (Lipinski definition) is 6. The number of amides is 3. The minimum Gasteiger partial charge on any atom is -0.368 e. The summed E-state index contributed by atoms with van der Waals surface area (Å²) in [6, 6.07) is -0.292. The molecule has 1 aromatic heterocycles. The van der Waals surface area contributed by atoms with E-state index in [0.717, 1.165) is 5.01 Å². The van der Waals surface area contributed by atoms with Gasteiger partial charge in [0.15, 0.2) is 0 Å². The van der Waals surface area contributed by atoms with Crippen molar-refractivity contribution in [2.45, 2.75) is 6.10 Å². The average molecular weight is 296 g/mol. The Labute approximate surface area is 120 Å². The van der Waals surface area contributed by atoms with E-state index < -0.39 is 0 Å². The molecule has 2 fully saturated rings. The van der Waals surface area contributed by atoms with Gasteiger partial charge in [0.05, 0.1) is 13.2 Å². The number of thiazole rings is 1. The minimum atomic E-state index is -0.292. The number of nitrogens with one attached hydrogen (secondary N) is 1. The number of aromatic nitrogens is 1. The molecular weight excluding hydrogens is 280 g/mol. The van der Waals surface area contributed by atoms with Gasteiger partial charge in [-0.15, -0.1) is 11.3 Å². The summed E-state index contributed by atoms with van der Waals surface area (Å²) in [4.78, 5) is 31.1. The molecule has 108 valence electrons. The summed E-state index contributed by atoms with van der Waals surface area (Å²) < 4.78 is 5.68. The quantitative estimate of drug-likeness (QED) is 0.854. The minimum absolute atomic E-state index is 0.0797. The van der Waals surface area contributed by atoms with Gasteiger partial charge < -0.3 is 10.1 Å². The highest BCUT2D eigenvalue weighted by Crippen LogP contribution is 2.23. The Kier molecular flexibility index (Phi) is 3.95. The number of ether oxygens (including phenoxy) is 1. The van der Waals surface area contributed by atoms with Crippen molar-refractivity contribution < 1.29 is 14.3 Å². The van der Waals surface area contributed by atoms with Crippen LogP contribution in [0.3, 0.4) is 0 Å². The molecular formula is C12H16N4O3S. The second kappa shape index (κ2) is 5.86. The summed E-state index contributed by atoms with van der Waals surface area (Å²) in [7, 11) is 0. The lowest BCUT2D eigenvalue weighted by molar-refractivity contribution is -0.130. The van der Waals surface area contributed by atoms with Crippen LogP contribution in [0.15, 0.2) is 11.6 Å². The Balaban J connectivity index is 1.57. The summed E-state index contributed by atoms with van der Waals surface area (Å²) in [6.45, 7) is 3.15. The van der Waals surface area contributed by atoms with Crippen LogP contribution in [0.1, 0.15) is 11.1 Å². The molecule has 20 heavy (non-hydrogen) atoms. The number of nitrogens with zero attached hydrogens (tertiary/aromatic N) is 3. The van der Waals surface area contributed by atoms with Gasteiger partial charge in [-0.05, 0) is 0 Å². The number of carbonyl (C=O) groups excluding carboxylic acids is 2. The van der Waals surface area contributed by atoms with Gasteiger partial charge in [0, 0.05) is 37.8 Å². The van der Waals surface area contributed by atoms with Gasteiger partial charge in [-0.3, -0.25) is 14.6 Å². The molecule has 0 radical (unpaired) electrons. The van der Waals surface area contributed by atoms with Crippen molar-refractivity contribution in [3.05, 3.63) is 16.6 Å². The van der Waals surface area contributed by atoms with Gasteiger partial charge in [0.25, 0.3) is 0 Å². The first-order valence-electron chi connectivity index (χ1n) is 6.55. The van der Waals surface area contributed by atoms with E-state index in [-0.39, 0.29) is 24.6 Å². The second-order valence-corrected chi connectivity index (χ2v) is 5.67. The lowest BCUT2D eigenvalue weighted by Crippen LogP contribution is -2.46. The van der Waals surface area contributed by atoms with Crippen molar-refractivity contribution in [3.63, 3.8) is 0 Å². The van der Waals surface area contributed by atoms with E-state index in [0.29, 0.717) is 32.8 Å². The van der Waals surface area contributed by atoms with E-state index >= 15 is 0 Å². The third kappa shape index (κ3) is 2.82. The summed E-state index contributed by atoms with van der Waals surface area (Å²) in [6.07, 6.45) is 1.67. The highest BCUT2D eigenvalue weighted by Gasteiger charge is 2.30. The van der Waals surface area contributed by atoms with E-state index in [1.807, 2.05) is 10.3 Å². The van der Waals surface area contributed by atoms with Crippen LogP contribution in [0, 0.1) is 0 Å². The fourth-order valence-corrected chi connectivity index (χ4v) is 3.05. The van der Waals surface area contributed by atoms with Gasteiger partial charge >= 0.3 is 6.03 Å². The summed E-state index contributed by atoms with van der Waals surface area (Å²) in [5, 5.41) is 5.48. The van der Waals surface area contributed by atoms with Crippen LogP contribution in [0.25, 0.3) is 0 Å². The normalized spacial score (nSPS) is 23.9. The van der Waals surface area contributed by atoms with E-state index in [2.05, 4.69) is 10.3 Å². The van der Waals surface area contributed by atoms with Gasteiger partial charge in [0.2, 0.25) is 5.91 Å². The number of morpholine rings is 1. The summed E-state index contributed by atoms with van der Waals surface area (Å²) in [5.41, 5.74) is 0. The molecule has 3 amide bonds. The van der Waals surface area contributed by atoms with E-state index in [1.54, 1.807) is 17.5 Å². The molecule has 2 saturated heterocycles. The molecule has 0 spiro atoms. The maximum Gasteiger partial charge on any atom is 0.324 e.